The molecule has 0 radical (unpaired) electrons. The standard InChI is InChI=1S/C31H37N5O3/c1-22-9-12-24(13-10-22)36-28(21-27(34-36)31(2,3)4)32-30(37)33-29-25-8-6-5-7-23(25)11-14-26(29)39-20-17-35-15-18-38-19-16-35/h5-14,21H,15-20H2,1-4H3,(H2,32,33,37). The van der Waals surface area contributed by atoms with Gasteiger partial charge in [0.05, 0.1) is 30.3 Å². The second kappa shape index (κ2) is 11.5. The van der Waals surface area contributed by atoms with Crippen molar-refractivity contribution in [1.82, 2.24) is 14.7 Å². The normalized spacial score (nSPS) is 14.4. The first-order valence-corrected chi connectivity index (χ1v) is 13.5. The molecule has 1 aliphatic rings. The highest BCUT2D eigenvalue weighted by atomic mass is 16.5. The lowest BCUT2D eigenvalue weighted by molar-refractivity contribution is 0.0323. The largest absolute Gasteiger partial charge is 0.490 e. The van der Waals surface area contributed by atoms with Crippen molar-refractivity contribution in [2.45, 2.75) is 33.1 Å². The molecule has 8 heteroatoms. The molecular weight excluding hydrogens is 490 g/mol. The van der Waals surface area contributed by atoms with E-state index in [1.807, 2.05) is 73.7 Å². The number of benzene rings is 3. The number of nitrogens with one attached hydrogen (secondary N) is 2. The van der Waals surface area contributed by atoms with E-state index in [1.54, 1.807) is 4.68 Å². The Morgan fingerprint density at radius 1 is 1.00 bits per heavy atom. The Kier molecular flexibility index (Phi) is 7.86. The third kappa shape index (κ3) is 6.41. The summed E-state index contributed by atoms with van der Waals surface area (Å²) >= 11 is 0. The molecular formula is C31H37N5O3. The van der Waals surface area contributed by atoms with Crippen molar-refractivity contribution in [3.63, 3.8) is 0 Å². The van der Waals surface area contributed by atoms with Crippen molar-refractivity contribution in [2.75, 3.05) is 50.1 Å². The van der Waals surface area contributed by atoms with Crippen LogP contribution in [0.3, 0.4) is 0 Å². The molecule has 0 aliphatic carbocycles. The Morgan fingerprint density at radius 3 is 2.49 bits per heavy atom. The second-order valence-electron chi connectivity index (χ2n) is 11.0. The molecule has 0 unspecified atom stereocenters. The van der Waals surface area contributed by atoms with Crippen LogP contribution in [0.5, 0.6) is 5.75 Å². The van der Waals surface area contributed by atoms with Crippen LogP contribution in [0.1, 0.15) is 32.0 Å². The lowest BCUT2D eigenvalue weighted by Gasteiger charge is -2.26. The summed E-state index contributed by atoms with van der Waals surface area (Å²) in [5.74, 6) is 1.23. The summed E-state index contributed by atoms with van der Waals surface area (Å²) < 4.78 is 13.4. The number of nitrogens with zero attached hydrogens (tertiary/aromatic N) is 3. The molecule has 0 bridgehead atoms. The number of aryl methyl sites for hydroxylation is 1. The fourth-order valence-electron chi connectivity index (χ4n) is 4.59. The predicted molar refractivity (Wildman–Crippen MR) is 156 cm³/mol. The summed E-state index contributed by atoms with van der Waals surface area (Å²) in [5.41, 5.74) is 3.38. The number of rotatable bonds is 7. The minimum Gasteiger partial charge on any atom is -0.490 e. The van der Waals surface area contributed by atoms with Crippen molar-refractivity contribution in [3.05, 3.63) is 78.0 Å². The Morgan fingerprint density at radius 2 is 1.74 bits per heavy atom. The van der Waals surface area contributed by atoms with E-state index >= 15 is 0 Å². The zero-order valence-corrected chi connectivity index (χ0v) is 23.2. The van der Waals surface area contributed by atoms with Crippen molar-refractivity contribution >= 4 is 28.3 Å². The lowest BCUT2D eigenvalue weighted by Crippen LogP contribution is -2.38. The van der Waals surface area contributed by atoms with E-state index in [-0.39, 0.29) is 11.4 Å². The van der Waals surface area contributed by atoms with E-state index in [0.717, 1.165) is 60.6 Å². The molecule has 1 fully saturated rings. The summed E-state index contributed by atoms with van der Waals surface area (Å²) in [6, 6.07) is 21.6. The molecule has 5 rings (SSSR count). The zero-order chi connectivity index (χ0) is 27.4. The highest BCUT2D eigenvalue weighted by Crippen LogP contribution is 2.34. The number of hydrogen-bond donors (Lipinski definition) is 2. The van der Waals surface area contributed by atoms with Crippen LogP contribution >= 0.6 is 0 Å². The molecule has 1 aliphatic heterocycles. The Hall–Kier alpha value is -3.88. The predicted octanol–water partition coefficient (Wildman–Crippen LogP) is 5.99. The van der Waals surface area contributed by atoms with Crippen molar-refractivity contribution < 1.29 is 14.3 Å². The quantitative estimate of drug-likeness (QED) is 0.309. The van der Waals surface area contributed by atoms with Gasteiger partial charge in [-0.1, -0.05) is 68.8 Å². The summed E-state index contributed by atoms with van der Waals surface area (Å²) in [6.07, 6.45) is 0. The summed E-state index contributed by atoms with van der Waals surface area (Å²) in [4.78, 5) is 15.8. The fourth-order valence-corrected chi connectivity index (χ4v) is 4.59. The van der Waals surface area contributed by atoms with Gasteiger partial charge in [-0.15, -0.1) is 0 Å². The fraction of sp³-hybridized carbons (Fsp3) is 0.355. The van der Waals surface area contributed by atoms with Crippen LogP contribution in [0.25, 0.3) is 16.5 Å². The second-order valence-corrected chi connectivity index (χ2v) is 11.0. The van der Waals surface area contributed by atoms with Crippen LogP contribution in [0.2, 0.25) is 0 Å². The number of aromatic nitrogens is 2. The average molecular weight is 528 g/mol. The zero-order valence-electron chi connectivity index (χ0n) is 23.2. The summed E-state index contributed by atoms with van der Waals surface area (Å²) in [5, 5.41) is 12.9. The van der Waals surface area contributed by atoms with Crippen molar-refractivity contribution in [1.29, 1.82) is 0 Å². The maximum absolute atomic E-state index is 13.5. The number of anilines is 2. The first-order valence-electron chi connectivity index (χ1n) is 13.5. The number of hydrogen-bond acceptors (Lipinski definition) is 5. The van der Waals surface area contributed by atoms with Gasteiger partial charge in [0.2, 0.25) is 0 Å². The van der Waals surface area contributed by atoms with Gasteiger partial charge in [-0.3, -0.25) is 10.2 Å². The van der Waals surface area contributed by atoms with E-state index < -0.39 is 0 Å². The van der Waals surface area contributed by atoms with E-state index in [0.29, 0.717) is 23.9 Å². The topological polar surface area (TPSA) is 80.7 Å². The van der Waals surface area contributed by atoms with Gasteiger partial charge < -0.3 is 14.8 Å². The van der Waals surface area contributed by atoms with Crippen LogP contribution in [-0.4, -0.2) is 60.2 Å². The van der Waals surface area contributed by atoms with Crippen LogP contribution in [-0.2, 0) is 10.2 Å². The highest BCUT2D eigenvalue weighted by Gasteiger charge is 2.22. The number of carbonyl (C=O) groups is 1. The molecule has 1 saturated heterocycles. The first kappa shape index (κ1) is 26.7. The van der Waals surface area contributed by atoms with E-state index in [9.17, 15) is 4.79 Å². The Bertz CT molecular complexity index is 1430. The minimum atomic E-state index is -0.363. The van der Waals surface area contributed by atoms with Gasteiger partial charge in [0.25, 0.3) is 0 Å². The number of urea groups is 1. The highest BCUT2D eigenvalue weighted by molar-refractivity contribution is 6.08. The molecule has 2 amide bonds. The number of ether oxygens (including phenoxy) is 2. The molecule has 0 spiro atoms. The van der Waals surface area contributed by atoms with Crippen LogP contribution in [0.15, 0.2) is 66.7 Å². The molecule has 2 N–H and O–H groups in total. The Labute approximate surface area is 229 Å². The van der Waals surface area contributed by atoms with Crippen molar-refractivity contribution in [2.24, 2.45) is 0 Å². The van der Waals surface area contributed by atoms with Gasteiger partial charge in [-0.25, -0.2) is 9.48 Å². The smallest absolute Gasteiger partial charge is 0.324 e. The molecule has 1 aromatic heterocycles. The maximum Gasteiger partial charge on any atom is 0.324 e. The van der Waals surface area contributed by atoms with Gasteiger partial charge in [0.15, 0.2) is 0 Å². The summed E-state index contributed by atoms with van der Waals surface area (Å²) in [7, 11) is 0. The van der Waals surface area contributed by atoms with Gasteiger partial charge >= 0.3 is 6.03 Å². The molecule has 0 saturated carbocycles. The van der Waals surface area contributed by atoms with Gasteiger partial charge in [-0.2, -0.15) is 5.10 Å². The number of carbonyl (C=O) groups excluding carboxylic acids is 1. The third-order valence-corrected chi connectivity index (χ3v) is 6.90. The Balaban J connectivity index is 1.39. The molecule has 0 atom stereocenters. The molecule has 3 aromatic carbocycles. The summed E-state index contributed by atoms with van der Waals surface area (Å²) in [6.45, 7) is 13.0. The molecule has 39 heavy (non-hydrogen) atoms. The molecule has 204 valence electrons. The molecule has 8 nitrogen and oxygen atoms in total. The van der Waals surface area contributed by atoms with Gasteiger partial charge in [-0.05, 0) is 30.5 Å². The average Bonchev–Trinajstić information content (AvgIpc) is 3.35. The van der Waals surface area contributed by atoms with E-state index in [4.69, 9.17) is 14.6 Å². The van der Waals surface area contributed by atoms with Gasteiger partial charge in [0, 0.05) is 36.5 Å². The van der Waals surface area contributed by atoms with Crippen LogP contribution in [0, 0.1) is 6.92 Å². The molecule has 2 heterocycles. The van der Waals surface area contributed by atoms with Gasteiger partial charge in [0.1, 0.15) is 18.2 Å². The lowest BCUT2D eigenvalue weighted by atomic mass is 9.92. The monoisotopic (exact) mass is 527 g/mol. The third-order valence-electron chi connectivity index (χ3n) is 6.90. The maximum atomic E-state index is 13.5. The SMILES string of the molecule is Cc1ccc(-n2nc(C(C)(C)C)cc2NC(=O)Nc2c(OCCN3CCOCC3)ccc3ccccc23)cc1. The molecule has 4 aromatic rings. The van der Waals surface area contributed by atoms with E-state index in [2.05, 4.69) is 36.3 Å². The minimum absolute atomic E-state index is 0.181. The van der Waals surface area contributed by atoms with E-state index in [1.165, 1.54) is 0 Å². The van der Waals surface area contributed by atoms with Crippen LogP contribution in [0.4, 0.5) is 16.3 Å². The number of amides is 2. The number of fused-ring (bicyclic) bond motifs is 1. The first-order chi connectivity index (χ1) is 18.8. The van der Waals surface area contributed by atoms with Crippen LogP contribution < -0.4 is 15.4 Å². The number of morpholine rings is 1. The van der Waals surface area contributed by atoms with Crippen molar-refractivity contribution in [3.8, 4) is 11.4 Å².